The van der Waals surface area contributed by atoms with E-state index in [1.807, 2.05) is 5.38 Å². The lowest BCUT2D eigenvalue weighted by molar-refractivity contribution is 0.400. The molecule has 1 aromatic heterocycles. The predicted octanol–water partition coefficient (Wildman–Crippen LogP) is 4.40. The smallest absolute Gasteiger partial charge is 0.187 e. The second-order valence-electron chi connectivity index (χ2n) is 3.64. The number of aliphatic hydroxyl groups is 1. The van der Waals surface area contributed by atoms with Gasteiger partial charge in [-0.1, -0.05) is 6.58 Å². The van der Waals surface area contributed by atoms with Gasteiger partial charge in [-0.3, -0.25) is 0 Å². The summed E-state index contributed by atoms with van der Waals surface area (Å²) in [5, 5.41) is 14.5. The average Bonchev–Trinajstić information content (AvgIpc) is 2.70. The average molecular weight is 329 g/mol. The molecular weight excluding hydrogens is 319 g/mol. The highest BCUT2D eigenvalue weighted by molar-refractivity contribution is 9.10. The molecule has 2 rings (SSSR count). The molecule has 6 heteroatoms. The third-order valence-electron chi connectivity index (χ3n) is 2.11. The van der Waals surface area contributed by atoms with Crippen molar-refractivity contribution in [2.75, 3.05) is 5.32 Å². The summed E-state index contributed by atoms with van der Waals surface area (Å²) >= 11 is 4.48. The molecule has 0 bridgehead atoms. The number of anilines is 2. The van der Waals surface area contributed by atoms with E-state index in [1.54, 1.807) is 12.1 Å². The van der Waals surface area contributed by atoms with Crippen LogP contribution in [-0.2, 0) is 6.42 Å². The first-order chi connectivity index (χ1) is 8.54. The maximum Gasteiger partial charge on any atom is 0.187 e. The summed E-state index contributed by atoms with van der Waals surface area (Å²) in [4.78, 5) is 4.25. The van der Waals surface area contributed by atoms with E-state index in [9.17, 15) is 4.39 Å². The Morgan fingerprint density at radius 2 is 2.33 bits per heavy atom. The zero-order chi connectivity index (χ0) is 13.1. The molecule has 0 spiro atoms. The van der Waals surface area contributed by atoms with Crippen LogP contribution in [0.25, 0.3) is 0 Å². The minimum absolute atomic E-state index is 0.0709. The third kappa shape index (κ3) is 3.30. The van der Waals surface area contributed by atoms with Crippen LogP contribution in [0, 0.1) is 5.82 Å². The Morgan fingerprint density at radius 3 is 3.00 bits per heavy atom. The Bertz CT molecular complexity index is 585. The number of benzene rings is 1. The third-order valence-corrected chi connectivity index (χ3v) is 3.56. The van der Waals surface area contributed by atoms with Gasteiger partial charge in [0.2, 0.25) is 0 Å². The summed E-state index contributed by atoms with van der Waals surface area (Å²) in [6, 6.07) is 4.76. The second kappa shape index (κ2) is 5.49. The molecule has 3 nitrogen and oxygen atoms in total. The molecule has 94 valence electrons. The minimum Gasteiger partial charge on any atom is -0.513 e. The molecule has 0 amide bonds. The van der Waals surface area contributed by atoms with Gasteiger partial charge in [0.25, 0.3) is 0 Å². The van der Waals surface area contributed by atoms with Crippen LogP contribution in [0.15, 0.2) is 40.4 Å². The number of aliphatic hydroxyl groups excluding tert-OH is 1. The van der Waals surface area contributed by atoms with E-state index >= 15 is 0 Å². The Hall–Kier alpha value is -1.40. The number of halogens is 2. The van der Waals surface area contributed by atoms with Crippen LogP contribution in [0.3, 0.4) is 0 Å². The number of aromatic nitrogens is 1. The molecule has 18 heavy (non-hydrogen) atoms. The van der Waals surface area contributed by atoms with Crippen LogP contribution in [-0.4, -0.2) is 10.1 Å². The quantitative estimate of drug-likeness (QED) is 0.817. The van der Waals surface area contributed by atoms with Crippen molar-refractivity contribution >= 4 is 38.1 Å². The Labute approximate surface area is 116 Å². The summed E-state index contributed by atoms with van der Waals surface area (Å²) in [5.74, 6) is -0.262. The van der Waals surface area contributed by atoms with Crippen molar-refractivity contribution in [3.8, 4) is 0 Å². The summed E-state index contributed by atoms with van der Waals surface area (Å²) in [7, 11) is 0. The van der Waals surface area contributed by atoms with Crippen LogP contribution in [0.5, 0.6) is 0 Å². The standard InChI is InChI=1S/C12H10BrFN2OS/c1-7(17)4-9-6-18-12(16-9)15-8-2-3-10(13)11(14)5-8/h2-3,5-6,17H,1,4H2,(H,15,16). The number of nitrogens with one attached hydrogen (secondary N) is 1. The van der Waals surface area contributed by atoms with Crippen LogP contribution >= 0.6 is 27.3 Å². The van der Waals surface area contributed by atoms with Crippen molar-refractivity contribution in [1.29, 1.82) is 0 Å². The summed E-state index contributed by atoms with van der Waals surface area (Å²) in [5.41, 5.74) is 1.35. The first kappa shape index (κ1) is 13.0. The molecule has 0 aliphatic carbocycles. The van der Waals surface area contributed by atoms with Gasteiger partial charge < -0.3 is 10.4 Å². The van der Waals surface area contributed by atoms with Gasteiger partial charge in [0, 0.05) is 17.5 Å². The molecule has 0 aliphatic rings. The maximum atomic E-state index is 13.3. The number of rotatable bonds is 4. The topological polar surface area (TPSA) is 45.1 Å². The second-order valence-corrected chi connectivity index (χ2v) is 5.35. The van der Waals surface area contributed by atoms with Crippen molar-refractivity contribution in [3.05, 3.63) is 51.9 Å². The van der Waals surface area contributed by atoms with E-state index in [2.05, 4.69) is 32.8 Å². The van der Waals surface area contributed by atoms with Crippen LogP contribution < -0.4 is 5.32 Å². The number of hydrogen-bond donors (Lipinski definition) is 2. The molecule has 0 atom stereocenters. The van der Waals surface area contributed by atoms with Gasteiger partial charge in [0.15, 0.2) is 5.13 Å². The molecule has 1 heterocycles. The largest absolute Gasteiger partial charge is 0.513 e. The Morgan fingerprint density at radius 1 is 1.56 bits per heavy atom. The first-order valence-corrected chi connectivity index (χ1v) is 6.75. The highest BCUT2D eigenvalue weighted by Gasteiger charge is 2.05. The van der Waals surface area contributed by atoms with E-state index in [0.717, 1.165) is 5.69 Å². The zero-order valence-corrected chi connectivity index (χ0v) is 11.7. The lowest BCUT2D eigenvalue weighted by Crippen LogP contribution is -1.92. The summed E-state index contributed by atoms with van der Waals surface area (Å²) in [6.07, 6.45) is 0.326. The fourth-order valence-corrected chi connectivity index (χ4v) is 2.33. The van der Waals surface area contributed by atoms with Crippen LogP contribution in [0.2, 0.25) is 0 Å². The highest BCUT2D eigenvalue weighted by atomic mass is 79.9. The molecule has 0 saturated carbocycles. The van der Waals surface area contributed by atoms with Crippen molar-refractivity contribution in [2.45, 2.75) is 6.42 Å². The molecule has 0 fully saturated rings. The fraction of sp³-hybridized carbons (Fsp3) is 0.0833. The monoisotopic (exact) mass is 328 g/mol. The number of allylic oxidation sites excluding steroid dienone is 1. The van der Waals surface area contributed by atoms with E-state index in [0.29, 0.717) is 21.7 Å². The van der Waals surface area contributed by atoms with Crippen molar-refractivity contribution in [1.82, 2.24) is 4.98 Å². The zero-order valence-electron chi connectivity index (χ0n) is 9.28. The molecule has 0 aliphatic heterocycles. The molecule has 0 saturated heterocycles. The minimum atomic E-state index is -0.333. The Kier molecular flexibility index (Phi) is 3.98. The molecule has 0 radical (unpaired) electrons. The van der Waals surface area contributed by atoms with Gasteiger partial charge in [-0.2, -0.15) is 0 Å². The van der Waals surface area contributed by atoms with Gasteiger partial charge in [-0.05, 0) is 34.1 Å². The summed E-state index contributed by atoms with van der Waals surface area (Å²) < 4.78 is 13.7. The predicted molar refractivity (Wildman–Crippen MR) is 75.0 cm³/mol. The number of hydrogen-bond acceptors (Lipinski definition) is 4. The van der Waals surface area contributed by atoms with E-state index in [1.165, 1.54) is 17.4 Å². The van der Waals surface area contributed by atoms with E-state index in [4.69, 9.17) is 5.11 Å². The van der Waals surface area contributed by atoms with E-state index < -0.39 is 0 Å². The lowest BCUT2D eigenvalue weighted by Gasteiger charge is -2.03. The van der Waals surface area contributed by atoms with Gasteiger partial charge in [-0.15, -0.1) is 11.3 Å². The molecule has 1 aromatic carbocycles. The first-order valence-electron chi connectivity index (χ1n) is 5.08. The summed E-state index contributed by atoms with van der Waals surface area (Å²) in [6.45, 7) is 3.41. The fourth-order valence-electron chi connectivity index (χ4n) is 1.35. The lowest BCUT2D eigenvalue weighted by atomic mass is 10.3. The van der Waals surface area contributed by atoms with Gasteiger partial charge in [0.05, 0.1) is 15.9 Å². The molecular formula is C12H10BrFN2OS. The highest BCUT2D eigenvalue weighted by Crippen LogP contribution is 2.24. The van der Waals surface area contributed by atoms with Crippen LogP contribution in [0.4, 0.5) is 15.2 Å². The molecule has 0 unspecified atom stereocenters. The van der Waals surface area contributed by atoms with Gasteiger partial charge in [-0.25, -0.2) is 9.37 Å². The molecule has 2 aromatic rings. The van der Waals surface area contributed by atoms with Gasteiger partial charge in [0.1, 0.15) is 5.82 Å². The molecule has 2 N–H and O–H groups in total. The number of thiazole rings is 1. The van der Waals surface area contributed by atoms with Crippen molar-refractivity contribution in [3.63, 3.8) is 0 Å². The van der Waals surface area contributed by atoms with Crippen molar-refractivity contribution < 1.29 is 9.50 Å². The Balaban J connectivity index is 2.11. The van der Waals surface area contributed by atoms with Gasteiger partial charge >= 0.3 is 0 Å². The maximum absolute atomic E-state index is 13.3. The number of nitrogens with zero attached hydrogens (tertiary/aromatic N) is 1. The van der Waals surface area contributed by atoms with Crippen LogP contribution in [0.1, 0.15) is 5.69 Å². The normalized spacial score (nSPS) is 10.3. The van der Waals surface area contributed by atoms with Crippen molar-refractivity contribution in [2.24, 2.45) is 0 Å². The van der Waals surface area contributed by atoms with E-state index in [-0.39, 0.29) is 11.6 Å². The SMILES string of the molecule is C=C(O)Cc1csc(Nc2ccc(Br)c(F)c2)n1.